The molecule has 0 aliphatic carbocycles. The van der Waals surface area contributed by atoms with Crippen LogP contribution in [0.25, 0.3) is 11.4 Å². The lowest BCUT2D eigenvalue weighted by atomic mass is 9.98. The van der Waals surface area contributed by atoms with Gasteiger partial charge in [-0.2, -0.15) is 18.2 Å². The van der Waals surface area contributed by atoms with Gasteiger partial charge in [0.1, 0.15) is 0 Å². The number of nitrogens with zero attached hydrogens (tertiary/aromatic N) is 3. The zero-order valence-electron chi connectivity index (χ0n) is 16.2. The van der Waals surface area contributed by atoms with Gasteiger partial charge in [0.25, 0.3) is 5.91 Å². The summed E-state index contributed by atoms with van der Waals surface area (Å²) < 4.78 is 48.5. The lowest BCUT2D eigenvalue weighted by molar-refractivity contribution is -0.137. The normalized spacial score (nSPS) is 14.3. The van der Waals surface area contributed by atoms with Crippen LogP contribution in [0.1, 0.15) is 38.1 Å². The maximum Gasteiger partial charge on any atom is 0.416 e. The molecule has 0 saturated carbocycles. The summed E-state index contributed by atoms with van der Waals surface area (Å²) >= 11 is 0. The van der Waals surface area contributed by atoms with Gasteiger partial charge in [0.15, 0.2) is 0 Å². The number of amides is 1. The Morgan fingerprint density at radius 3 is 2.42 bits per heavy atom. The Bertz CT molecular complexity index is 1120. The van der Waals surface area contributed by atoms with Crippen molar-refractivity contribution in [3.8, 4) is 11.4 Å². The van der Waals surface area contributed by atoms with Crippen LogP contribution in [0.5, 0.6) is 0 Å². The van der Waals surface area contributed by atoms with E-state index in [1.54, 1.807) is 17.0 Å². The number of likely N-dealkylation sites (tertiary alicyclic amines) is 1. The van der Waals surface area contributed by atoms with Crippen LogP contribution in [-0.4, -0.2) is 47.1 Å². The molecule has 1 aromatic heterocycles. The van der Waals surface area contributed by atoms with Gasteiger partial charge in [-0.3, -0.25) is 4.79 Å². The van der Waals surface area contributed by atoms with Crippen LogP contribution in [0, 0.1) is 0 Å². The van der Waals surface area contributed by atoms with Crippen molar-refractivity contribution in [2.75, 3.05) is 20.2 Å². The van der Waals surface area contributed by atoms with Gasteiger partial charge in [0.2, 0.25) is 11.7 Å². The maximum atomic E-state index is 12.9. The maximum absolute atomic E-state index is 12.9. The average Bonchev–Trinajstić information content (AvgIpc) is 3.21. The number of methoxy groups -OCH3 is 1. The first-order valence-electron chi connectivity index (χ1n) is 9.25. The second kappa shape index (κ2) is 7.86. The number of benzene rings is 2. The molecule has 3 aromatic rings. The van der Waals surface area contributed by atoms with E-state index >= 15 is 0 Å². The minimum Gasteiger partial charge on any atom is -0.465 e. The predicted molar refractivity (Wildman–Crippen MR) is 101 cm³/mol. The molecule has 10 heteroatoms. The molecule has 4 rings (SSSR count). The largest absolute Gasteiger partial charge is 0.465 e. The minimum absolute atomic E-state index is 0.0595. The third-order valence-electron chi connectivity index (χ3n) is 4.96. The quantitative estimate of drug-likeness (QED) is 0.585. The Balaban J connectivity index is 1.40. The summed E-state index contributed by atoms with van der Waals surface area (Å²) in [5.41, 5.74) is 0.160. The van der Waals surface area contributed by atoms with Crippen LogP contribution in [0.3, 0.4) is 0 Å². The molecular weight excluding hydrogens is 415 g/mol. The molecule has 0 N–H and O–H groups in total. The Labute approximate surface area is 174 Å². The lowest BCUT2D eigenvalue weighted by Gasteiger charge is -2.37. The number of esters is 1. The number of carbonyl (C=O) groups excluding carboxylic acids is 2. The van der Waals surface area contributed by atoms with E-state index in [-0.39, 0.29) is 29.1 Å². The fraction of sp³-hybridized carbons (Fsp3) is 0.238. The molecule has 2 aromatic carbocycles. The Morgan fingerprint density at radius 2 is 1.77 bits per heavy atom. The topological polar surface area (TPSA) is 85.5 Å². The minimum atomic E-state index is -4.47. The second-order valence-corrected chi connectivity index (χ2v) is 7.01. The zero-order chi connectivity index (χ0) is 22.2. The highest BCUT2D eigenvalue weighted by molar-refractivity contribution is 5.96. The number of ether oxygens (including phenoxy) is 1. The van der Waals surface area contributed by atoms with E-state index in [1.165, 1.54) is 31.4 Å². The van der Waals surface area contributed by atoms with E-state index < -0.39 is 17.7 Å². The fourth-order valence-corrected chi connectivity index (χ4v) is 3.20. The summed E-state index contributed by atoms with van der Waals surface area (Å²) in [5.74, 6) is -0.589. The molecule has 2 heterocycles. The van der Waals surface area contributed by atoms with E-state index in [9.17, 15) is 22.8 Å². The van der Waals surface area contributed by atoms with Crippen LogP contribution in [0.15, 0.2) is 53.1 Å². The van der Waals surface area contributed by atoms with Crippen molar-refractivity contribution in [2.45, 2.75) is 12.1 Å². The molecule has 7 nitrogen and oxygen atoms in total. The monoisotopic (exact) mass is 431 g/mol. The Morgan fingerprint density at radius 1 is 1.10 bits per heavy atom. The highest BCUT2D eigenvalue weighted by atomic mass is 19.4. The molecule has 0 spiro atoms. The SMILES string of the molecule is COC(=O)c1ccc(C(=O)N2CC(c3nc(-c4cccc(C(F)(F)F)c4)no3)C2)cc1. The van der Waals surface area contributed by atoms with Gasteiger partial charge in [0, 0.05) is 24.2 Å². The Kier molecular flexibility index (Phi) is 5.22. The molecule has 0 radical (unpaired) electrons. The van der Waals surface area contributed by atoms with Crippen molar-refractivity contribution in [1.82, 2.24) is 15.0 Å². The molecule has 1 fully saturated rings. The molecule has 1 aliphatic heterocycles. The number of carbonyl (C=O) groups is 2. The first kappa shape index (κ1) is 20.6. The van der Waals surface area contributed by atoms with Crippen molar-refractivity contribution in [1.29, 1.82) is 0 Å². The number of aromatic nitrogens is 2. The number of hydrogen-bond donors (Lipinski definition) is 0. The van der Waals surface area contributed by atoms with Crippen molar-refractivity contribution in [2.24, 2.45) is 0 Å². The molecule has 1 aliphatic rings. The van der Waals surface area contributed by atoms with Gasteiger partial charge in [-0.25, -0.2) is 4.79 Å². The smallest absolute Gasteiger partial charge is 0.416 e. The van der Waals surface area contributed by atoms with Gasteiger partial charge in [-0.15, -0.1) is 0 Å². The van der Waals surface area contributed by atoms with Gasteiger partial charge in [-0.1, -0.05) is 17.3 Å². The second-order valence-electron chi connectivity index (χ2n) is 7.01. The number of rotatable bonds is 4. The average molecular weight is 431 g/mol. The van der Waals surface area contributed by atoms with E-state index in [0.29, 0.717) is 24.2 Å². The zero-order valence-corrected chi connectivity index (χ0v) is 16.2. The highest BCUT2D eigenvalue weighted by Crippen LogP contribution is 2.33. The van der Waals surface area contributed by atoms with Crippen molar-refractivity contribution >= 4 is 11.9 Å². The van der Waals surface area contributed by atoms with Crippen molar-refractivity contribution < 1.29 is 32.0 Å². The van der Waals surface area contributed by atoms with Crippen LogP contribution in [0.4, 0.5) is 13.2 Å². The van der Waals surface area contributed by atoms with Crippen LogP contribution < -0.4 is 0 Å². The summed E-state index contributed by atoms with van der Waals surface area (Å²) in [7, 11) is 1.28. The van der Waals surface area contributed by atoms with Crippen LogP contribution in [0.2, 0.25) is 0 Å². The van der Waals surface area contributed by atoms with Crippen molar-refractivity contribution in [3.05, 3.63) is 71.1 Å². The lowest BCUT2D eigenvalue weighted by Crippen LogP contribution is -2.48. The van der Waals surface area contributed by atoms with Gasteiger partial charge < -0.3 is 14.2 Å². The summed E-state index contributed by atoms with van der Waals surface area (Å²) in [4.78, 5) is 29.8. The summed E-state index contributed by atoms with van der Waals surface area (Å²) in [6.07, 6.45) is -4.47. The molecule has 0 unspecified atom stereocenters. The summed E-state index contributed by atoms with van der Waals surface area (Å²) in [5, 5.41) is 3.77. The molecular formula is C21H16F3N3O4. The fourth-order valence-electron chi connectivity index (χ4n) is 3.20. The molecule has 1 saturated heterocycles. The summed E-state index contributed by atoms with van der Waals surface area (Å²) in [6, 6.07) is 10.8. The van der Waals surface area contributed by atoms with Gasteiger partial charge >= 0.3 is 12.1 Å². The van der Waals surface area contributed by atoms with E-state index in [4.69, 9.17) is 4.52 Å². The van der Waals surface area contributed by atoms with Crippen LogP contribution in [-0.2, 0) is 10.9 Å². The van der Waals surface area contributed by atoms with Crippen molar-refractivity contribution in [3.63, 3.8) is 0 Å². The number of hydrogen-bond acceptors (Lipinski definition) is 6. The molecule has 31 heavy (non-hydrogen) atoms. The first-order valence-corrected chi connectivity index (χ1v) is 9.25. The summed E-state index contributed by atoms with van der Waals surface area (Å²) in [6.45, 7) is 0.670. The highest BCUT2D eigenvalue weighted by Gasteiger charge is 2.36. The van der Waals surface area contributed by atoms with Gasteiger partial charge in [-0.05, 0) is 36.4 Å². The molecule has 160 valence electrons. The third kappa shape index (κ3) is 4.14. The van der Waals surface area contributed by atoms with Crippen LogP contribution >= 0.6 is 0 Å². The number of halogens is 3. The number of alkyl halides is 3. The van der Waals surface area contributed by atoms with E-state index in [0.717, 1.165) is 12.1 Å². The van der Waals surface area contributed by atoms with Gasteiger partial charge in [0.05, 0.1) is 24.2 Å². The molecule has 1 amide bonds. The molecule has 0 bridgehead atoms. The van der Waals surface area contributed by atoms with E-state index in [2.05, 4.69) is 14.9 Å². The Hall–Kier alpha value is -3.69. The predicted octanol–water partition coefficient (Wildman–Crippen LogP) is 3.78. The standard InChI is InChI=1S/C21H16F3N3O4/c1-30-20(29)13-7-5-12(6-8-13)19(28)27-10-15(11-27)18-25-17(26-31-18)14-3-2-4-16(9-14)21(22,23)24/h2-9,15H,10-11H2,1H3. The van der Waals surface area contributed by atoms with E-state index in [1.807, 2.05) is 0 Å². The molecule has 0 atom stereocenters. The first-order chi connectivity index (χ1) is 14.8. The third-order valence-corrected chi connectivity index (χ3v) is 4.96.